The predicted octanol–water partition coefficient (Wildman–Crippen LogP) is 4.69. The summed E-state index contributed by atoms with van der Waals surface area (Å²) in [6.45, 7) is 1.04. The van der Waals surface area contributed by atoms with Gasteiger partial charge in [0.1, 0.15) is 41.3 Å². The molecule has 5 saturated heterocycles. The van der Waals surface area contributed by atoms with E-state index in [9.17, 15) is 9.50 Å². The molecule has 6 atom stereocenters. The van der Waals surface area contributed by atoms with Crippen molar-refractivity contribution in [2.75, 3.05) is 37.6 Å². The highest BCUT2D eigenvalue weighted by Gasteiger charge is 2.49. The van der Waals surface area contributed by atoms with Gasteiger partial charge in [0.2, 0.25) is 0 Å². The summed E-state index contributed by atoms with van der Waals surface area (Å²) in [6, 6.07) is 2.56. The highest BCUT2D eigenvalue weighted by molar-refractivity contribution is 5.92. The Morgan fingerprint density at radius 3 is 2.86 bits per heavy atom. The first-order chi connectivity index (χ1) is 21.3. The molecule has 2 unspecified atom stereocenters. The number of pyridine rings is 1. The summed E-state index contributed by atoms with van der Waals surface area (Å²) in [7, 11) is 0. The fraction of sp³-hybridized carbons (Fsp3) is 0.581. The van der Waals surface area contributed by atoms with Crippen molar-refractivity contribution >= 4 is 16.7 Å². The number of nitrogens with zero attached hydrogens (tertiary/aromatic N) is 5. The zero-order valence-electron chi connectivity index (χ0n) is 26.3. The van der Waals surface area contributed by atoms with Gasteiger partial charge in [0.25, 0.3) is 0 Å². The Morgan fingerprint density at radius 1 is 1.26 bits per heavy atom. The minimum absolute atomic E-state index is 0.0733. The Bertz CT molecular complexity index is 1710. The van der Waals surface area contributed by atoms with Gasteiger partial charge in [0.05, 0.1) is 12.3 Å². The van der Waals surface area contributed by atoms with Crippen LogP contribution >= 0.6 is 0 Å². The van der Waals surface area contributed by atoms with Crippen LogP contribution in [-0.2, 0) is 0 Å². The molecule has 11 heteroatoms. The lowest BCUT2D eigenvalue weighted by Gasteiger charge is -2.46. The lowest BCUT2D eigenvalue weighted by Crippen LogP contribution is -2.61. The third kappa shape index (κ3) is 4.22. The molecule has 2 aromatic heterocycles. The number of piperidine rings is 2. The number of hydrogen-bond acceptors (Lipinski definition) is 8. The van der Waals surface area contributed by atoms with E-state index in [-0.39, 0.29) is 78.4 Å². The zero-order chi connectivity index (χ0) is 31.5. The number of benzene rings is 1. The first kappa shape index (κ1) is 23.3. The normalized spacial score (nSPS) is 36.1. The fourth-order valence-corrected chi connectivity index (χ4v) is 7.48. The minimum atomic E-state index is -2.33. The van der Waals surface area contributed by atoms with Crippen molar-refractivity contribution in [1.82, 2.24) is 25.2 Å². The van der Waals surface area contributed by atoms with E-state index in [1.54, 1.807) is 0 Å². The number of hydrogen-bond donors (Lipinski definition) is 2. The van der Waals surface area contributed by atoms with Crippen molar-refractivity contribution in [2.24, 2.45) is 5.92 Å². The number of alkyl halides is 1. The smallest absolute Gasteiger partial charge is 0.319 e. The SMILES string of the molecule is [2H]C1([2H])CC[C@]2(COc3nc(N4CC5CCC4CN5)c4cnc(-c5cc(O)cc(F)c5[C@H]5C[C@H]5C)c(F)c4n3)C[C@]([2H])(F)CN12. The van der Waals surface area contributed by atoms with Crippen LogP contribution in [0, 0.1) is 17.6 Å². The van der Waals surface area contributed by atoms with E-state index in [1.165, 1.54) is 17.2 Å². The van der Waals surface area contributed by atoms with Crippen molar-refractivity contribution in [3.05, 3.63) is 35.5 Å². The Hall–Kier alpha value is -3.18. The number of piperazine rings is 1. The van der Waals surface area contributed by atoms with Gasteiger partial charge in [-0.3, -0.25) is 9.88 Å². The molecule has 7 heterocycles. The van der Waals surface area contributed by atoms with E-state index in [2.05, 4.69) is 20.2 Å². The third-order valence-electron chi connectivity index (χ3n) is 9.90. The molecule has 0 amide bonds. The minimum Gasteiger partial charge on any atom is -0.508 e. The quantitative estimate of drug-likeness (QED) is 0.432. The van der Waals surface area contributed by atoms with Gasteiger partial charge in [-0.05, 0) is 56.5 Å². The number of ether oxygens (including phenoxy) is 1. The molecule has 42 heavy (non-hydrogen) atoms. The molecule has 1 saturated carbocycles. The highest BCUT2D eigenvalue weighted by Crippen LogP contribution is 2.52. The van der Waals surface area contributed by atoms with Gasteiger partial charge in [0.15, 0.2) is 5.82 Å². The van der Waals surface area contributed by atoms with Crippen molar-refractivity contribution in [2.45, 2.75) is 75.1 Å². The van der Waals surface area contributed by atoms with Gasteiger partial charge in [-0.25, -0.2) is 13.2 Å². The Morgan fingerprint density at radius 2 is 2.12 bits per heavy atom. The Kier molecular flexibility index (Phi) is 5.36. The second-order valence-electron chi connectivity index (χ2n) is 12.7. The maximum Gasteiger partial charge on any atom is 0.319 e. The fourth-order valence-electron chi connectivity index (χ4n) is 7.48. The average Bonchev–Trinajstić information content (AvgIpc) is 3.57. The molecule has 5 aliphatic heterocycles. The maximum atomic E-state index is 16.7. The van der Waals surface area contributed by atoms with E-state index in [4.69, 9.17) is 13.8 Å². The van der Waals surface area contributed by atoms with Crippen LogP contribution in [0.25, 0.3) is 22.2 Å². The van der Waals surface area contributed by atoms with Crippen molar-refractivity contribution < 1.29 is 27.1 Å². The van der Waals surface area contributed by atoms with Crippen LogP contribution in [0.4, 0.5) is 19.0 Å². The number of phenolic OH excluding ortho intramolecular Hbond substituents is 1. The summed E-state index contributed by atoms with van der Waals surface area (Å²) in [5.41, 5.74) is -0.782. The number of halogens is 3. The van der Waals surface area contributed by atoms with Crippen LogP contribution in [0.15, 0.2) is 18.3 Å². The van der Waals surface area contributed by atoms with Crippen molar-refractivity contribution in [3.8, 4) is 23.0 Å². The number of fused-ring (bicyclic) bond motifs is 5. The molecule has 2 bridgehead atoms. The first-order valence-electron chi connectivity index (χ1n) is 16.3. The molecule has 8 nitrogen and oxygen atoms in total. The molecular formula is C31H35F3N6O2. The molecule has 1 aliphatic carbocycles. The summed E-state index contributed by atoms with van der Waals surface area (Å²) in [5, 5.41) is 14.1. The summed E-state index contributed by atoms with van der Waals surface area (Å²) < 4.78 is 77.7. The molecule has 2 N–H and O–H groups in total. The number of aromatic nitrogens is 3. The van der Waals surface area contributed by atoms with E-state index >= 15 is 8.78 Å². The molecule has 0 radical (unpaired) electrons. The van der Waals surface area contributed by atoms with Gasteiger partial charge in [-0.1, -0.05) is 6.92 Å². The number of aromatic hydroxyl groups is 1. The van der Waals surface area contributed by atoms with Crippen LogP contribution in [0.5, 0.6) is 11.8 Å². The highest BCUT2D eigenvalue weighted by atomic mass is 19.1. The van der Waals surface area contributed by atoms with Crippen LogP contribution in [0.2, 0.25) is 0 Å². The Balaban J connectivity index is 1.24. The molecule has 1 aromatic carbocycles. The third-order valence-corrected chi connectivity index (χ3v) is 9.90. The molecule has 222 valence electrons. The topological polar surface area (TPSA) is 86.6 Å². The number of anilines is 1. The lowest BCUT2D eigenvalue weighted by atomic mass is 9.92. The van der Waals surface area contributed by atoms with Crippen molar-refractivity contribution in [1.29, 1.82) is 0 Å². The number of nitrogens with one attached hydrogen (secondary N) is 1. The summed E-state index contributed by atoms with van der Waals surface area (Å²) in [4.78, 5) is 17.2. The molecule has 6 aliphatic rings. The first-order valence-corrected chi connectivity index (χ1v) is 14.8. The largest absolute Gasteiger partial charge is 0.508 e. The van der Waals surface area contributed by atoms with Gasteiger partial charge in [-0.15, -0.1) is 0 Å². The Labute approximate surface area is 246 Å². The zero-order valence-corrected chi connectivity index (χ0v) is 23.3. The molecule has 6 fully saturated rings. The average molecular weight is 584 g/mol. The van der Waals surface area contributed by atoms with E-state index < -0.39 is 29.8 Å². The maximum absolute atomic E-state index is 16.7. The number of phenols is 1. The van der Waals surface area contributed by atoms with Crippen LogP contribution in [0.1, 0.15) is 61.0 Å². The van der Waals surface area contributed by atoms with Gasteiger partial charge in [-0.2, -0.15) is 9.97 Å². The molecule has 0 spiro atoms. The number of rotatable bonds is 6. The second kappa shape index (κ2) is 9.67. The standard InChI is InChI=1S/C31H35F3N6O2/c1-16-7-21(16)25-22(8-20(41)9-24(25)33)27-26(34)28-23(12-36-27)29(40-14-18-3-4-19(40)11-35-18)38-30(37-28)42-15-31-5-2-6-39(31)13-17(32)10-31/h8-9,12,16-19,21,35,41H,2-7,10-11,13-15H2,1H3/t16-,17+,18?,19?,21+,31-/m1/s1/i6D2,17D. The van der Waals surface area contributed by atoms with Crippen LogP contribution in [-0.4, -0.2) is 81.5 Å². The van der Waals surface area contributed by atoms with Gasteiger partial charge < -0.3 is 20.1 Å². The van der Waals surface area contributed by atoms with E-state index in [0.717, 1.165) is 31.9 Å². The monoisotopic (exact) mass is 583 g/mol. The summed E-state index contributed by atoms with van der Waals surface area (Å²) >= 11 is 0. The van der Waals surface area contributed by atoms with Crippen LogP contribution in [0.3, 0.4) is 0 Å². The van der Waals surface area contributed by atoms with E-state index in [0.29, 0.717) is 29.7 Å². The van der Waals surface area contributed by atoms with Crippen LogP contribution < -0.4 is 15.0 Å². The second-order valence-corrected chi connectivity index (χ2v) is 12.7. The van der Waals surface area contributed by atoms with Crippen molar-refractivity contribution in [3.63, 3.8) is 0 Å². The lowest BCUT2D eigenvalue weighted by molar-refractivity contribution is 0.107. The molecular weight excluding hydrogens is 545 g/mol. The predicted molar refractivity (Wildman–Crippen MR) is 152 cm³/mol. The summed E-state index contributed by atoms with van der Waals surface area (Å²) in [5.74, 6) is -1.20. The van der Waals surface area contributed by atoms with Gasteiger partial charge >= 0.3 is 6.01 Å². The summed E-state index contributed by atoms with van der Waals surface area (Å²) in [6.07, 6.45) is 2.08. The molecule has 9 rings (SSSR count). The molecule has 3 aromatic rings. The van der Waals surface area contributed by atoms with Gasteiger partial charge in [0, 0.05) is 64.3 Å². The van der Waals surface area contributed by atoms with E-state index in [1.807, 2.05) is 6.92 Å².